The largest absolute Gasteiger partial charge is 0.315 e. The standard InChI is InChI=1S/C15H24N2O4S2.ClH/c1-3-10-17(14-8-9-16-11-14)23(20,21)15-6-4-13(5-7-15)12-22(2,18)19;/h4-7,14,16H,3,8-12H2,1-2H3;1H. The summed E-state index contributed by atoms with van der Waals surface area (Å²) >= 11 is 0. The van der Waals surface area contributed by atoms with Gasteiger partial charge < -0.3 is 5.32 Å². The lowest BCUT2D eigenvalue weighted by Crippen LogP contribution is -2.41. The van der Waals surface area contributed by atoms with E-state index in [0.29, 0.717) is 18.7 Å². The van der Waals surface area contributed by atoms with Crippen molar-refractivity contribution in [1.29, 1.82) is 0 Å². The van der Waals surface area contributed by atoms with Crippen LogP contribution in [-0.2, 0) is 25.6 Å². The van der Waals surface area contributed by atoms with Crippen molar-refractivity contribution < 1.29 is 16.8 Å². The molecular formula is C15H25ClN2O4S2. The second kappa shape index (κ2) is 8.62. The quantitative estimate of drug-likeness (QED) is 0.753. The predicted octanol–water partition coefficient (Wildman–Crippen LogP) is 1.42. The third kappa shape index (κ3) is 5.42. The highest BCUT2D eigenvalue weighted by Crippen LogP contribution is 2.22. The van der Waals surface area contributed by atoms with Crippen molar-refractivity contribution in [2.75, 3.05) is 25.9 Å². The van der Waals surface area contributed by atoms with Gasteiger partial charge in [-0.1, -0.05) is 19.1 Å². The highest BCUT2D eigenvalue weighted by atomic mass is 35.5. The molecule has 1 aliphatic heterocycles. The van der Waals surface area contributed by atoms with Gasteiger partial charge in [0.25, 0.3) is 0 Å². The van der Waals surface area contributed by atoms with Gasteiger partial charge in [-0.25, -0.2) is 16.8 Å². The van der Waals surface area contributed by atoms with Crippen LogP contribution in [0.5, 0.6) is 0 Å². The van der Waals surface area contributed by atoms with Gasteiger partial charge in [-0.3, -0.25) is 0 Å². The second-order valence-corrected chi connectivity index (χ2v) is 10.0. The van der Waals surface area contributed by atoms with Gasteiger partial charge in [-0.2, -0.15) is 4.31 Å². The van der Waals surface area contributed by atoms with E-state index < -0.39 is 19.9 Å². The Labute approximate surface area is 151 Å². The summed E-state index contributed by atoms with van der Waals surface area (Å²) in [6, 6.07) is 6.13. The first-order valence-corrected chi connectivity index (χ1v) is 11.2. The molecule has 0 bridgehead atoms. The molecule has 1 aromatic carbocycles. The van der Waals surface area contributed by atoms with Crippen molar-refractivity contribution >= 4 is 32.3 Å². The number of hydrogen-bond acceptors (Lipinski definition) is 5. The number of halogens is 1. The number of sulfone groups is 1. The van der Waals surface area contributed by atoms with Crippen LogP contribution in [0.15, 0.2) is 29.2 Å². The van der Waals surface area contributed by atoms with Crippen molar-refractivity contribution in [2.45, 2.75) is 36.5 Å². The first-order valence-electron chi connectivity index (χ1n) is 7.73. The average molecular weight is 397 g/mol. The SMILES string of the molecule is CCCN(C1CCNC1)S(=O)(=O)c1ccc(CS(C)(=O)=O)cc1.Cl. The monoisotopic (exact) mass is 396 g/mol. The minimum atomic E-state index is -3.56. The third-order valence-electron chi connectivity index (χ3n) is 3.84. The zero-order valence-corrected chi connectivity index (χ0v) is 16.4. The molecule has 9 heteroatoms. The van der Waals surface area contributed by atoms with E-state index in [4.69, 9.17) is 0 Å². The summed E-state index contributed by atoms with van der Waals surface area (Å²) in [7, 11) is -6.69. The fraction of sp³-hybridized carbons (Fsp3) is 0.600. The first-order chi connectivity index (χ1) is 10.7. The summed E-state index contributed by atoms with van der Waals surface area (Å²) in [5, 5.41) is 3.20. The Morgan fingerprint density at radius 2 is 1.79 bits per heavy atom. The molecule has 6 nitrogen and oxygen atoms in total. The Kier molecular flexibility index (Phi) is 7.68. The second-order valence-electron chi connectivity index (χ2n) is 5.98. The Morgan fingerprint density at radius 3 is 2.25 bits per heavy atom. The molecule has 0 amide bonds. The van der Waals surface area contributed by atoms with Gasteiger partial charge in [0.05, 0.1) is 10.6 Å². The van der Waals surface area contributed by atoms with Gasteiger partial charge in [0.15, 0.2) is 9.84 Å². The Hall–Kier alpha value is -0.670. The summed E-state index contributed by atoms with van der Waals surface area (Å²) in [4.78, 5) is 0.218. The maximum absolute atomic E-state index is 12.9. The summed E-state index contributed by atoms with van der Waals surface area (Å²) in [6.45, 7) is 3.94. The fourth-order valence-corrected chi connectivity index (χ4v) is 5.34. The molecule has 1 unspecified atom stereocenters. The molecule has 0 aliphatic carbocycles. The van der Waals surface area contributed by atoms with E-state index >= 15 is 0 Å². The van der Waals surface area contributed by atoms with Crippen molar-refractivity contribution in [3.05, 3.63) is 29.8 Å². The van der Waals surface area contributed by atoms with Crippen LogP contribution in [0.4, 0.5) is 0 Å². The Bertz CT molecular complexity index is 727. The van der Waals surface area contributed by atoms with E-state index in [1.807, 2.05) is 6.92 Å². The van der Waals surface area contributed by atoms with Crippen molar-refractivity contribution in [1.82, 2.24) is 9.62 Å². The normalized spacial score (nSPS) is 18.5. The average Bonchev–Trinajstić information content (AvgIpc) is 2.97. The molecule has 1 heterocycles. The molecule has 0 saturated carbocycles. The molecule has 1 aliphatic rings. The molecule has 1 saturated heterocycles. The molecule has 1 atom stereocenters. The van der Waals surface area contributed by atoms with E-state index in [0.717, 1.165) is 25.6 Å². The van der Waals surface area contributed by atoms with Gasteiger partial charge in [-0.05, 0) is 37.1 Å². The lowest BCUT2D eigenvalue weighted by molar-refractivity contribution is 0.335. The third-order valence-corrected chi connectivity index (χ3v) is 6.67. The van der Waals surface area contributed by atoms with Gasteiger partial charge >= 0.3 is 0 Å². The van der Waals surface area contributed by atoms with E-state index in [9.17, 15) is 16.8 Å². The summed E-state index contributed by atoms with van der Waals surface area (Å²) in [5.41, 5.74) is 0.594. The molecule has 1 N–H and O–H groups in total. The Balaban J connectivity index is 0.00000288. The van der Waals surface area contributed by atoms with Crippen LogP contribution in [0.3, 0.4) is 0 Å². The number of hydrogen-bond donors (Lipinski definition) is 1. The molecule has 138 valence electrons. The number of sulfonamides is 1. The van der Waals surface area contributed by atoms with Gasteiger partial charge in [0.2, 0.25) is 10.0 Å². The maximum atomic E-state index is 12.9. The summed E-state index contributed by atoms with van der Waals surface area (Å²) in [5.74, 6) is -0.0848. The lowest BCUT2D eigenvalue weighted by Gasteiger charge is -2.27. The number of nitrogens with zero attached hydrogens (tertiary/aromatic N) is 1. The van der Waals surface area contributed by atoms with Crippen LogP contribution in [0, 0.1) is 0 Å². The number of benzene rings is 1. The zero-order valence-electron chi connectivity index (χ0n) is 13.9. The zero-order chi connectivity index (χ0) is 17.1. The molecule has 1 fully saturated rings. The van der Waals surface area contributed by atoms with E-state index in [1.165, 1.54) is 12.1 Å². The fourth-order valence-electron chi connectivity index (χ4n) is 2.80. The van der Waals surface area contributed by atoms with Crippen LogP contribution in [-0.4, -0.2) is 53.1 Å². The maximum Gasteiger partial charge on any atom is 0.243 e. The first kappa shape index (κ1) is 21.4. The van der Waals surface area contributed by atoms with Crippen LogP contribution in [0.25, 0.3) is 0 Å². The predicted molar refractivity (Wildman–Crippen MR) is 97.7 cm³/mol. The van der Waals surface area contributed by atoms with Crippen LogP contribution < -0.4 is 5.32 Å². The molecular weight excluding hydrogens is 372 g/mol. The van der Waals surface area contributed by atoms with Crippen molar-refractivity contribution in [2.24, 2.45) is 0 Å². The van der Waals surface area contributed by atoms with Gasteiger partial charge in [0, 0.05) is 25.4 Å². The van der Waals surface area contributed by atoms with Crippen LogP contribution in [0.2, 0.25) is 0 Å². The van der Waals surface area contributed by atoms with E-state index in [-0.39, 0.29) is 29.1 Å². The van der Waals surface area contributed by atoms with E-state index in [1.54, 1.807) is 16.4 Å². The Morgan fingerprint density at radius 1 is 1.17 bits per heavy atom. The molecule has 2 rings (SSSR count). The minimum Gasteiger partial charge on any atom is -0.315 e. The van der Waals surface area contributed by atoms with Crippen LogP contribution >= 0.6 is 12.4 Å². The topological polar surface area (TPSA) is 83.6 Å². The lowest BCUT2D eigenvalue weighted by atomic mass is 10.2. The number of rotatable bonds is 7. The summed E-state index contributed by atoms with van der Waals surface area (Å²) < 4.78 is 50.0. The molecule has 0 radical (unpaired) electrons. The number of nitrogens with one attached hydrogen (secondary N) is 1. The molecule has 24 heavy (non-hydrogen) atoms. The molecule has 0 spiro atoms. The highest BCUT2D eigenvalue weighted by molar-refractivity contribution is 7.90. The molecule has 0 aromatic heterocycles. The van der Waals surface area contributed by atoms with Crippen LogP contribution in [0.1, 0.15) is 25.3 Å². The van der Waals surface area contributed by atoms with Crippen molar-refractivity contribution in [3.63, 3.8) is 0 Å². The minimum absolute atomic E-state index is 0. The smallest absolute Gasteiger partial charge is 0.243 e. The highest BCUT2D eigenvalue weighted by Gasteiger charge is 2.32. The van der Waals surface area contributed by atoms with Crippen molar-refractivity contribution in [3.8, 4) is 0 Å². The van der Waals surface area contributed by atoms with Gasteiger partial charge in [0.1, 0.15) is 0 Å². The van der Waals surface area contributed by atoms with E-state index in [2.05, 4.69) is 5.32 Å². The summed E-state index contributed by atoms with van der Waals surface area (Å²) in [6.07, 6.45) is 2.72. The molecule has 1 aromatic rings. The van der Waals surface area contributed by atoms with Gasteiger partial charge in [-0.15, -0.1) is 12.4 Å².